The quantitative estimate of drug-likeness (QED) is 0.465. The van der Waals surface area contributed by atoms with Gasteiger partial charge in [-0.15, -0.1) is 0 Å². The summed E-state index contributed by atoms with van der Waals surface area (Å²) in [6, 6.07) is 0. The van der Waals surface area contributed by atoms with Gasteiger partial charge < -0.3 is 13.3 Å². The van der Waals surface area contributed by atoms with Gasteiger partial charge in [0, 0.05) is 26.4 Å². The molecule has 0 aliphatic carbocycles. The molecule has 1 unspecified atom stereocenters. The van der Waals surface area contributed by atoms with Crippen molar-refractivity contribution in [2.75, 3.05) is 20.8 Å². The molecule has 0 bridgehead atoms. The second-order valence-electron chi connectivity index (χ2n) is 3.52. The van der Waals surface area contributed by atoms with E-state index in [1.165, 1.54) is 0 Å². The molecule has 0 aromatic rings. The smallest absolute Gasteiger partial charge is 0.377 e. The van der Waals surface area contributed by atoms with Crippen LogP contribution in [0.15, 0.2) is 0 Å². The minimum absolute atomic E-state index is 0.370. The average Bonchev–Trinajstić information content (AvgIpc) is 2.24. The van der Waals surface area contributed by atoms with Crippen molar-refractivity contribution >= 4 is 8.80 Å². The summed E-state index contributed by atoms with van der Waals surface area (Å²) >= 11 is 0. The molecular weight excluding hydrogens is 196 g/mol. The highest BCUT2D eigenvalue weighted by Gasteiger charge is 2.44. The van der Waals surface area contributed by atoms with Crippen LogP contribution in [0.4, 0.5) is 0 Å². The molecule has 1 atom stereocenters. The highest BCUT2D eigenvalue weighted by Crippen LogP contribution is 2.27. The third-order valence-electron chi connectivity index (χ3n) is 2.59. The minimum atomic E-state index is -2.38. The summed E-state index contributed by atoms with van der Waals surface area (Å²) in [4.78, 5) is 0. The first-order chi connectivity index (χ1) is 6.66. The van der Waals surface area contributed by atoms with Crippen LogP contribution in [0.25, 0.3) is 0 Å². The predicted molar refractivity (Wildman–Crippen MR) is 60.3 cm³/mol. The van der Waals surface area contributed by atoms with Gasteiger partial charge in [-0.1, -0.05) is 27.2 Å². The van der Waals surface area contributed by atoms with Crippen molar-refractivity contribution in [3.05, 3.63) is 0 Å². The summed E-state index contributed by atoms with van der Waals surface area (Å²) in [6.45, 7) is 7.16. The van der Waals surface area contributed by atoms with Gasteiger partial charge in [0.2, 0.25) is 0 Å². The molecule has 14 heavy (non-hydrogen) atoms. The molecule has 0 aliphatic rings. The van der Waals surface area contributed by atoms with Crippen LogP contribution in [0.2, 0.25) is 5.54 Å². The second-order valence-corrected chi connectivity index (χ2v) is 6.82. The molecule has 0 spiro atoms. The lowest BCUT2D eigenvalue weighted by molar-refractivity contribution is 0.0869. The minimum Gasteiger partial charge on any atom is -0.377 e. The van der Waals surface area contributed by atoms with E-state index in [0.717, 1.165) is 25.9 Å². The van der Waals surface area contributed by atoms with Crippen LogP contribution < -0.4 is 0 Å². The Balaban J connectivity index is 4.21. The number of unbranched alkanes of at least 4 members (excludes halogenated alkanes) is 1. The van der Waals surface area contributed by atoms with Gasteiger partial charge in [0.15, 0.2) is 0 Å². The van der Waals surface area contributed by atoms with Gasteiger partial charge in [0.1, 0.15) is 0 Å². The average molecular weight is 220 g/mol. The van der Waals surface area contributed by atoms with Crippen LogP contribution in [0, 0.1) is 0 Å². The monoisotopic (exact) mass is 220 g/mol. The second kappa shape index (κ2) is 7.40. The van der Waals surface area contributed by atoms with E-state index < -0.39 is 8.80 Å². The molecule has 3 nitrogen and oxygen atoms in total. The molecule has 0 saturated carbocycles. The summed E-state index contributed by atoms with van der Waals surface area (Å²) in [5.74, 6) is 0. The van der Waals surface area contributed by atoms with Gasteiger partial charge in [0.05, 0.1) is 0 Å². The Bertz CT molecular complexity index is 137. The molecular formula is C10H24O3Si. The topological polar surface area (TPSA) is 27.7 Å². The SMILES string of the molecule is CCCCO[Si](OC)(OC)C(C)CC. The fourth-order valence-corrected chi connectivity index (χ4v) is 3.78. The zero-order valence-electron chi connectivity index (χ0n) is 10.1. The van der Waals surface area contributed by atoms with Crippen LogP contribution in [0.5, 0.6) is 0 Å². The molecule has 0 amide bonds. The lowest BCUT2D eigenvalue weighted by Crippen LogP contribution is -2.47. The van der Waals surface area contributed by atoms with Crippen molar-refractivity contribution in [2.24, 2.45) is 0 Å². The lowest BCUT2D eigenvalue weighted by Gasteiger charge is -2.31. The summed E-state index contributed by atoms with van der Waals surface area (Å²) in [5, 5.41) is 0. The molecule has 86 valence electrons. The molecule has 0 aromatic carbocycles. The molecule has 0 aliphatic heterocycles. The van der Waals surface area contributed by atoms with E-state index >= 15 is 0 Å². The maximum Gasteiger partial charge on any atom is 0.503 e. The number of rotatable bonds is 8. The molecule has 0 fully saturated rings. The van der Waals surface area contributed by atoms with Gasteiger partial charge in [-0.25, -0.2) is 0 Å². The van der Waals surface area contributed by atoms with Crippen molar-refractivity contribution in [1.29, 1.82) is 0 Å². The molecule has 4 heteroatoms. The molecule has 0 heterocycles. The van der Waals surface area contributed by atoms with E-state index in [2.05, 4.69) is 20.8 Å². The van der Waals surface area contributed by atoms with Gasteiger partial charge >= 0.3 is 8.80 Å². The van der Waals surface area contributed by atoms with Crippen molar-refractivity contribution < 1.29 is 13.3 Å². The number of hydrogen-bond donors (Lipinski definition) is 0. The van der Waals surface area contributed by atoms with Crippen LogP contribution in [-0.4, -0.2) is 29.6 Å². The Morgan fingerprint density at radius 1 is 1.14 bits per heavy atom. The summed E-state index contributed by atoms with van der Waals surface area (Å²) in [6.07, 6.45) is 3.23. The van der Waals surface area contributed by atoms with Gasteiger partial charge in [-0.05, 0) is 12.8 Å². The summed E-state index contributed by atoms with van der Waals surface area (Å²) in [5.41, 5.74) is 0.370. The lowest BCUT2D eigenvalue weighted by atomic mass is 10.4. The first kappa shape index (κ1) is 14.1. The van der Waals surface area contributed by atoms with Crippen molar-refractivity contribution in [1.82, 2.24) is 0 Å². The Morgan fingerprint density at radius 2 is 1.71 bits per heavy atom. The molecule has 0 aromatic heterocycles. The zero-order valence-corrected chi connectivity index (χ0v) is 11.1. The Hall–Kier alpha value is 0.0969. The first-order valence-electron chi connectivity index (χ1n) is 5.41. The largest absolute Gasteiger partial charge is 0.503 e. The van der Waals surface area contributed by atoms with Crippen LogP contribution in [-0.2, 0) is 13.3 Å². The molecule has 0 radical (unpaired) electrons. The number of hydrogen-bond acceptors (Lipinski definition) is 3. The fourth-order valence-electron chi connectivity index (χ4n) is 1.35. The highest BCUT2D eigenvalue weighted by atomic mass is 28.4. The summed E-state index contributed by atoms with van der Waals surface area (Å²) < 4.78 is 16.8. The van der Waals surface area contributed by atoms with Crippen LogP contribution >= 0.6 is 0 Å². The van der Waals surface area contributed by atoms with E-state index in [4.69, 9.17) is 13.3 Å². The third-order valence-corrected chi connectivity index (χ3v) is 5.95. The third kappa shape index (κ3) is 3.69. The Morgan fingerprint density at radius 3 is 2.07 bits per heavy atom. The Kier molecular flexibility index (Phi) is 7.45. The normalized spacial score (nSPS) is 14.4. The maximum atomic E-state index is 5.82. The molecule has 0 rings (SSSR count). The van der Waals surface area contributed by atoms with E-state index in [1.807, 2.05) is 0 Å². The van der Waals surface area contributed by atoms with Gasteiger partial charge in [-0.2, -0.15) is 0 Å². The van der Waals surface area contributed by atoms with Crippen LogP contribution in [0.1, 0.15) is 40.0 Å². The van der Waals surface area contributed by atoms with Crippen LogP contribution in [0.3, 0.4) is 0 Å². The van der Waals surface area contributed by atoms with E-state index in [-0.39, 0.29) is 0 Å². The van der Waals surface area contributed by atoms with E-state index in [1.54, 1.807) is 14.2 Å². The standard InChI is InChI=1S/C10H24O3Si/c1-6-8-9-13-14(11-4,12-5)10(3)7-2/h10H,6-9H2,1-5H3. The highest BCUT2D eigenvalue weighted by molar-refractivity contribution is 6.62. The predicted octanol–water partition coefficient (Wildman–Crippen LogP) is 2.83. The van der Waals surface area contributed by atoms with E-state index in [9.17, 15) is 0 Å². The molecule has 0 saturated heterocycles. The first-order valence-corrected chi connectivity index (χ1v) is 7.21. The zero-order chi connectivity index (χ0) is 11.0. The van der Waals surface area contributed by atoms with Crippen molar-refractivity contribution in [3.8, 4) is 0 Å². The Labute approximate surface area is 89.1 Å². The maximum absolute atomic E-state index is 5.82. The van der Waals surface area contributed by atoms with E-state index in [0.29, 0.717) is 5.54 Å². The summed E-state index contributed by atoms with van der Waals surface area (Å²) in [7, 11) is 0.993. The molecule has 0 N–H and O–H groups in total. The fraction of sp³-hybridized carbons (Fsp3) is 1.00. The van der Waals surface area contributed by atoms with Crippen molar-refractivity contribution in [3.63, 3.8) is 0 Å². The van der Waals surface area contributed by atoms with Crippen molar-refractivity contribution in [2.45, 2.75) is 45.6 Å². The van der Waals surface area contributed by atoms with Gasteiger partial charge in [0.25, 0.3) is 0 Å². The van der Waals surface area contributed by atoms with Gasteiger partial charge in [-0.3, -0.25) is 0 Å².